The highest BCUT2D eigenvalue weighted by atomic mass is 32.1. The van der Waals surface area contributed by atoms with Crippen LogP contribution in [0.3, 0.4) is 0 Å². The van der Waals surface area contributed by atoms with E-state index in [2.05, 4.69) is 4.98 Å². The van der Waals surface area contributed by atoms with Crippen LogP contribution in [-0.4, -0.2) is 17.6 Å². The number of aryl methyl sites for hydroxylation is 1. The zero-order valence-corrected chi connectivity index (χ0v) is 14.3. The first-order chi connectivity index (χ1) is 11.1. The van der Waals surface area contributed by atoms with Gasteiger partial charge in [-0.05, 0) is 43.7 Å². The van der Waals surface area contributed by atoms with Gasteiger partial charge in [0.25, 0.3) is 0 Å². The van der Waals surface area contributed by atoms with Crippen LogP contribution in [0.25, 0.3) is 20.3 Å². The average molecular weight is 347 g/mol. The molecule has 0 radical (unpaired) electrons. The van der Waals surface area contributed by atoms with Gasteiger partial charge in [0.2, 0.25) is 0 Å². The summed E-state index contributed by atoms with van der Waals surface area (Å²) in [6, 6.07) is 10.3. The van der Waals surface area contributed by atoms with Gasteiger partial charge in [-0.25, -0.2) is 14.2 Å². The summed E-state index contributed by atoms with van der Waals surface area (Å²) < 4.78 is 18.1. The summed E-state index contributed by atoms with van der Waals surface area (Å²) in [4.78, 5) is 18.9. The Morgan fingerprint density at radius 3 is 2.52 bits per heavy atom. The number of benzene rings is 1. The third kappa shape index (κ3) is 3.33. The number of carbonyl (C=O) groups excluding carboxylic acids is 1. The zero-order valence-electron chi connectivity index (χ0n) is 12.6. The Balaban J connectivity index is 1.90. The van der Waals surface area contributed by atoms with Gasteiger partial charge in [0.15, 0.2) is 0 Å². The number of hydrogen-bond acceptors (Lipinski definition) is 5. The number of hydrogen-bond donors (Lipinski definition) is 0. The molecular formula is C17H14FNO2S2. The highest BCUT2D eigenvalue weighted by Crippen LogP contribution is 2.37. The smallest absolute Gasteiger partial charge is 0.350 e. The molecule has 3 nitrogen and oxygen atoms in total. The van der Waals surface area contributed by atoms with Crippen LogP contribution in [0.5, 0.6) is 0 Å². The molecule has 3 aromatic rings. The van der Waals surface area contributed by atoms with Gasteiger partial charge in [-0.3, -0.25) is 0 Å². The summed E-state index contributed by atoms with van der Waals surface area (Å²) in [5, 5.41) is 0.795. The molecule has 0 bridgehead atoms. The minimum Gasteiger partial charge on any atom is -0.462 e. The van der Waals surface area contributed by atoms with Gasteiger partial charge in [-0.1, -0.05) is 12.1 Å². The van der Waals surface area contributed by atoms with Crippen LogP contribution in [0.1, 0.15) is 22.3 Å². The number of thiazole rings is 1. The summed E-state index contributed by atoms with van der Waals surface area (Å²) in [5.74, 6) is -0.579. The first-order valence-electron chi connectivity index (χ1n) is 7.09. The van der Waals surface area contributed by atoms with Crippen LogP contribution in [0.4, 0.5) is 4.39 Å². The molecule has 0 saturated heterocycles. The van der Waals surface area contributed by atoms with Crippen LogP contribution in [0.15, 0.2) is 36.4 Å². The van der Waals surface area contributed by atoms with Gasteiger partial charge in [-0.15, -0.1) is 22.7 Å². The van der Waals surface area contributed by atoms with Crippen LogP contribution in [0, 0.1) is 12.7 Å². The fraction of sp³-hybridized carbons (Fsp3) is 0.176. The van der Waals surface area contributed by atoms with E-state index in [0.717, 1.165) is 20.3 Å². The molecular weight excluding hydrogens is 333 g/mol. The number of rotatable bonds is 4. The molecule has 0 atom stereocenters. The molecule has 0 spiro atoms. The van der Waals surface area contributed by atoms with E-state index in [4.69, 9.17) is 4.74 Å². The Kier molecular flexibility index (Phi) is 4.54. The number of halogens is 1. The summed E-state index contributed by atoms with van der Waals surface area (Å²) in [5.41, 5.74) is 1.64. The van der Waals surface area contributed by atoms with Crippen molar-refractivity contribution in [3.8, 4) is 20.3 Å². The van der Waals surface area contributed by atoms with Crippen molar-refractivity contribution in [2.24, 2.45) is 0 Å². The largest absolute Gasteiger partial charge is 0.462 e. The predicted octanol–water partition coefficient (Wildman–Crippen LogP) is 5.16. The van der Waals surface area contributed by atoms with E-state index in [1.54, 1.807) is 37.3 Å². The molecule has 1 aromatic carbocycles. The highest BCUT2D eigenvalue weighted by molar-refractivity contribution is 7.24. The summed E-state index contributed by atoms with van der Waals surface area (Å²) in [6.07, 6.45) is 0. The van der Waals surface area contributed by atoms with Crippen molar-refractivity contribution in [2.45, 2.75) is 13.8 Å². The molecule has 0 amide bonds. The van der Waals surface area contributed by atoms with Crippen LogP contribution in [0.2, 0.25) is 0 Å². The third-order valence-electron chi connectivity index (χ3n) is 3.20. The number of nitrogens with zero attached hydrogens (tertiary/aromatic N) is 1. The second-order valence-electron chi connectivity index (χ2n) is 4.82. The molecule has 3 rings (SSSR count). The Bertz CT molecular complexity index is 837. The van der Waals surface area contributed by atoms with Gasteiger partial charge < -0.3 is 4.74 Å². The maximum absolute atomic E-state index is 13.0. The second-order valence-corrected chi connectivity index (χ2v) is 6.91. The highest BCUT2D eigenvalue weighted by Gasteiger charge is 2.18. The van der Waals surface area contributed by atoms with Gasteiger partial charge in [-0.2, -0.15) is 0 Å². The van der Waals surface area contributed by atoms with Crippen molar-refractivity contribution >= 4 is 28.6 Å². The summed E-state index contributed by atoms with van der Waals surface area (Å²) in [7, 11) is 0. The van der Waals surface area contributed by atoms with E-state index < -0.39 is 0 Å². The number of thiophene rings is 1. The molecule has 0 aliphatic carbocycles. The lowest BCUT2D eigenvalue weighted by Crippen LogP contribution is -2.03. The second kappa shape index (κ2) is 6.60. The normalized spacial score (nSPS) is 10.7. The fourth-order valence-electron chi connectivity index (χ4n) is 2.11. The van der Waals surface area contributed by atoms with Gasteiger partial charge in [0, 0.05) is 4.88 Å². The molecule has 0 fully saturated rings. The molecule has 2 aromatic heterocycles. The van der Waals surface area contributed by atoms with Crippen molar-refractivity contribution < 1.29 is 13.9 Å². The van der Waals surface area contributed by atoms with E-state index in [1.165, 1.54) is 23.5 Å². The van der Waals surface area contributed by atoms with E-state index in [0.29, 0.717) is 17.2 Å². The minimum absolute atomic E-state index is 0.250. The van der Waals surface area contributed by atoms with Crippen molar-refractivity contribution in [3.63, 3.8) is 0 Å². The van der Waals surface area contributed by atoms with Crippen molar-refractivity contribution in [1.29, 1.82) is 0 Å². The lowest BCUT2D eigenvalue weighted by molar-refractivity contribution is 0.0531. The first-order valence-corrected chi connectivity index (χ1v) is 8.72. The molecule has 0 N–H and O–H groups in total. The minimum atomic E-state index is -0.330. The third-order valence-corrected chi connectivity index (χ3v) is 5.64. The lowest BCUT2D eigenvalue weighted by atomic mass is 10.2. The average Bonchev–Trinajstić information content (AvgIpc) is 3.15. The van der Waals surface area contributed by atoms with Crippen LogP contribution < -0.4 is 0 Å². The maximum Gasteiger partial charge on any atom is 0.350 e. The number of esters is 1. The van der Waals surface area contributed by atoms with Crippen molar-refractivity contribution in [2.75, 3.05) is 6.61 Å². The molecule has 0 aliphatic heterocycles. The Labute approximate surface area is 141 Å². The summed E-state index contributed by atoms with van der Waals surface area (Å²) >= 11 is 2.90. The predicted molar refractivity (Wildman–Crippen MR) is 91.5 cm³/mol. The number of carbonyl (C=O) groups is 1. The molecule has 6 heteroatoms. The van der Waals surface area contributed by atoms with Gasteiger partial charge in [0.1, 0.15) is 15.7 Å². The SMILES string of the molecule is CCOC(=O)c1sc(-c2ccc(-c3ccc(F)cc3)s2)nc1C. The molecule has 0 unspecified atom stereocenters. The van der Waals surface area contributed by atoms with Crippen LogP contribution >= 0.6 is 22.7 Å². The topological polar surface area (TPSA) is 39.2 Å². The molecule has 2 heterocycles. The summed E-state index contributed by atoms with van der Waals surface area (Å²) in [6.45, 7) is 3.93. The molecule has 23 heavy (non-hydrogen) atoms. The quantitative estimate of drug-likeness (QED) is 0.612. The van der Waals surface area contributed by atoms with Gasteiger partial charge >= 0.3 is 5.97 Å². The Hall–Kier alpha value is -2.05. The number of ether oxygens (including phenoxy) is 1. The molecule has 0 aliphatic rings. The Morgan fingerprint density at radius 1 is 1.13 bits per heavy atom. The molecule has 118 valence electrons. The van der Waals surface area contributed by atoms with E-state index in [-0.39, 0.29) is 11.8 Å². The van der Waals surface area contributed by atoms with Gasteiger partial charge in [0.05, 0.1) is 17.2 Å². The van der Waals surface area contributed by atoms with Crippen molar-refractivity contribution in [1.82, 2.24) is 4.98 Å². The lowest BCUT2D eigenvalue weighted by Gasteiger charge is -1.97. The Morgan fingerprint density at radius 2 is 1.83 bits per heavy atom. The first kappa shape index (κ1) is 15.8. The fourth-order valence-corrected chi connectivity index (χ4v) is 4.14. The van der Waals surface area contributed by atoms with E-state index in [9.17, 15) is 9.18 Å². The van der Waals surface area contributed by atoms with Crippen LogP contribution in [-0.2, 0) is 4.74 Å². The monoisotopic (exact) mass is 347 g/mol. The number of aromatic nitrogens is 1. The standard InChI is InChI=1S/C17H14FNO2S2/c1-3-21-17(20)15-10(2)19-16(23-15)14-9-8-13(22-14)11-4-6-12(18)7-5-11/h4-9H,3H2,1-2H3. The maximum atomic E-state index is 13.0. The van der Waals surface area contributed by atoms with E-state index >= 15 is 0 Å². The van der Waals surface area contributed by atoms with Crippen molar-refractivity contribution in [3.05, 3.63) is 52.8 Å². The molecule has 0 saturated carbocycles. The zero-order chi connectivity index (χ0) is 16.4. The van der Waals surface area contributed by atoms with E-state index in [1.807, 2.05) is 12.1 Å².